The van der Waals surface area contributed by atoms with Gasteiger partial charge in [0.05, 0.1) is 5.60 Å². The molecule has 15 heavy (non-hydrogen) atoms. The standard InChI is InChI=1S/C8H8Br6O/c1-5(2)3-4-6(15-5,7(9,10)11)8(12,13)14/h3-4H,1-2H3. The second-order valence-corrected chi connectivity index (χ2v) is 17.3. The lowest BCUT2D eigenvalue weighted by Gasteiger charge is -2.43. The second kappa shape index (κ2) is 4.60. The van der Waals surface area contributed by atoms with E-state index in [4.69, 9.17) is 4.74 Å². The Morgan fingerprint density at radius 1 is 0.867 bits per heavy atom. The third-order valence-electron chi connectivity index (χ3n) is 1.99. The molecule has 88 valence electrons. The minimum absolute atomic E-state index is 0.318. The summed E-state index contributed by atoms with van der Waals surface area (Å²) in [4.78, 5) is 0. The van der Waals surface area contributed by atoms with Crippen LogP contribution >= 0.6 is 95.6 Å². The SMILES string of the molecule is CC1(C)C=CC(C(Br)(Br)Br)(C(Br)(Br)Br)O1. The molecule has 1 heterocycles. The van der Waals surface area contributed by atoms with Crippen LogP contribution in [-0.2, 0) is 4.74 Å². The summed E-state index contributed by atoms with van der Waals surface area (Å²) in [6, 6.07) is 0. The average molecular weight is 600 g/mol. The van der Waals surface area contributed by atoms with Gasteiger partial charge in [-0.1, -0.05) is 102 Å². The summed E-state index contributed by atoms with van der Waals surface area (Å²) < 4.78 is 4.88. The quantitative estimate of drug-likeness (QED) is 0.254. The molecule has 0 saturated carbocycles. The van der Waals surface area contributed by atoms with Gasteiger partial charge >= 0.3 is 0 Å². The molecule has 1 aliphatic heterocycles. The largest absolute Gasteiger partial charge is 0.354 e. The van der Waals surface area contributed by atoms with Gasteiger partial charge in [-0.15, -0.1) is 0 Å². The number of halogens is 6. The lowest BCUT2D eigenvalue weighted by atomic mass is 10.1. The first-order valence-electron chi connectivity index (χ1n) is 3.95. The second-order valence-electron chi connectivity index (χ2n) is 3.77. The summed E-state index contributed by atoms with van der Waals surface area (Å²) in [5, 5.41) is 0. The van der Waals surface area contributed by atoms with Crippen LogP contribution < -0.4 is 0 Å². The molecule has 0 atom stereocenters. The Hall–Kier alpha value is 2.58. The maximum atomic E-state index is 6.07. The third kappa shape index (κ3) is 3.13. The van der Waals surface area contributed by atoms with E-state index in [1.807, 2.05) is 26.0 Å². The molecule has 0 aromatic heterocycles. The van der Waals surface area contributed by atoms with Crippen LogP contribution in [0.25, 0.3) is 0 Å². The highest BCUT2D eigenvalue weighted by Gasteiger charge is 2.62. The fourth-order valence-corrected chi connectivity index (χ4v) is 6.72. The Morgan fingerprint density at radius 3 is 1.40 bits per heavy atom. The van der Waals surface area contributed by atoms with E-state index >= 15 is 0 Å². The van der Waals surface area contributed by atoms with Gasteiger partial charge < -0.3 is 4.74 Å². The van der Waals surface area contributed by atoms with Gasteiger partial charge in [0.1, 0.15) is 0 Å². The fraction of sp³-hybridized carbons (Fsp3) is 0.750. The van der Waals surface area contributed by atoms with E-state index in [2.05, 4.69) is 95.6 Å². The van der Waals surface area contributed by atoms with Crippen LogP contribution in [-0.4, -0.2) is 15.5 Å². The Labute approximate surface area is 140 Å². The predicted octanol–water partition coefficient (Wildman–Crippen LogP) is 5.77. The van der Waals surface area contributed by atoms with Crippen LogP contribution in [0.3, 0.4) is 0 Å². The van der Waals surface area contributed by atoms with Crippen LogP contribution in [0.5, 0.6) is 0 Å². The predicted molar refractivity (Wildman–Crippen MR) is 86.1 cm³/mol. The van der Waals surface area contributed by atoms with Crippen molar-refractivity contribution in [2.24, 2.45) is 0 Å². The van der Waals surface area contributed by atoms with Gasteiger partial charge in [-0.25, -0.2) is 0 Å². The van der Waals surface area contributed by atoms with E-state index in [1.165, 1.54) is 0 Å². The van der Waals surface area contributed by atoms with Gasteiger partial charge in [0, 0.05) is 0 Å². The van der Waals surface area contributed by atoms with Gasteiger partial charge in [0.25, 0.3) is 0 Å². The highest BCUT2D eigenvalue weighted by molar-refractivity contribution is 9.41. The van der Waals surface area contributed by atoms with Gasteiger partial charge in [-0.05, 0) is 19.9 Å². The van der Waals surface area contributed by atoms with Gasteiger partial charge in [0.15, 0.2) is 9.89 Å². The normalized spacial score (nSPS) is 24.5. The Balaban J connectivity index is 3.21. The highest BCUT2D eigenvalue weighted by Crippen LogP contribution is 2.62. The molecule has 0 aromatic rings. The molecule has 0 radical (unpaired) electrons. The molecule has 0 amide bonds. The zero-order chi connectivity index (χ0) is 12.1. The van der Waals surface area contributed by atoms with E-state index < -0.39 is 9.89 Å². The smallest absolute Gasteiger partial charge is 0.170 e. The molecular weight excluding hydrogens is 592 g/mol. The van der Waals surface area contributed by atoms with E-state index in [0.717, 1.165) is 0 Å². The number of alkyl halides is 6. The summed E-state index contributed by atoms with van der Waals surface area (Å²) in [5.41, 5.74) is -0.995. The van der Waals surface area contributed by atoms with Crippen molar-refractivity contribution in [2.75, 3.05) is 0 Å². The zero-order valence-corrected chi connectivity index (χ0v) is 17.3. The molecule has 0 spiro atoms. The fourth-order valence-electron chi connectivity index (χ4n) is 1.27. The molecule has 0 saturated heterocycles. The van der Waals surface area contributed by atoms with Gasteiger partial charge in [-0.3, -0.25) is 0 Å². The van der Waals surface area contributed by atoms with E-state index in [-0.39, 0.29) is 5.60 Å². The summed E-state index contributed by atoms with van der Waals surface area (Å²) in [7, 11) is 0. The molecular formula is C8H8Br6O. The minimum atomic E-state index is -0.677. The monoisotopic (exact) mass is 594 g/mol. The number of rotatable bonds is 0. The molecule has 0 N–H and O–H groups in total. The van der Waals surface area contributed by atoms with Crippen molar-refractivity contribution in [3.05, 3.63) is 12.2 Å². The van der Waals surface area contributed by atoms with Crippen molar-refractivity contribution in [1.29, 1.82) is 0 Å². The highest BCUT2D eigenvalue weighted by atomic mass is 80.0. The summed E-state index contributed by atoms with van der Waals surface area (Å²) in [6.45, 7) is 4.01. The van der Waals surface area contributed by atoms with Crippen LogP contribution in [0.1, 0.15) is 13.8 Å². The lowest BCUT2D eigenvalue weighted by molar-refractivity contribution is -0.0541. The van der Waals surface area contributed by atoms with Gasteiger partial charge in [-0.2, -0.15) is 0 Å². The Bertz CT molecular complexity index is 270. The maximum Gasteiger partial charge on any atom is 0.170 e. The lowest BCUT2D eigenvalue weighted by Crippen LogP contribution is -2.53. The topological polar surface area (TPSA) is 9.23 Å². The molecule has 0 fully saturated rings. The average Bonchev–Trinajstić information content (AvgIpc) is 2.23. The molecule has 1 nitrogen and oxygen atoms in total. The molecule has 1 rings (SSSR count). The van der Waals surface area contributed by atoms with Gasteiger partial charge in [0.2, 0.25) is 0 Å². The molecule has 0 bridgehead atoms. The summed E-state index contributed by atoms with van der Waals surface area (Å²) >= 11 is 21.1. The zero-order valence-electron chi connectivity index (χ0n) is 7.83. The first kappa shape index (κ1) is 15.6. The minimum Gasteiger partial charge on any atom is -0.354 e. The van der Waals surface area contributed by atoms with Crippen LogP contribution in [0.2, 0.25) is 0 Å². The third-order valence-corrected chi connectivity index (χ3v) is 5.52. The van der Waals surface area contributed by atoms with Crippen LogP contribution in [0, 0.1) is 0 Å². The summed E-state index contributed by atoms with van der Waals surface area (Å²) in [5.74, 6) is 0. The first-order chi connectivity index (χ1) is 6.41. The van der Waals surface area contributed by atoms with Crippen molar-refractivity contribution < 1.29 is 4.74 Å². The molecule has 0 aliphatic carbocycles. The van der Waals surface area contributed by atoms with Crippen LogP contribution in [0.4, 0.5) is 0 Å². The summed E-state index contributed by atoms with van der Waals surface area (Å²) in [6.07, 6.45) is 4.01. The van der Waals surface area contributed by atoms with Crippen molar-refractivity contribution in [3.8, 4) is 0 Å². The molecule has 7 heteroatoms. The molecule has 1 aliphatic rings. The maximum absolute atomic E-state index is 6.07. The van der Waals surface area contributed by atoms with Crippen molar-refractivity contribution in [2.45, 2.75) is 29.3 Å². The number of hydrogen-bond donors (Lipinski definition) is 0. The van der Waals surface area contributed by atoms with Crippen molar-refractivity contribution >= 4 is 95.6 Å². The Kier molecular flexibility index (Phi) is 4.79. The Morgan fingerprint density at radius 2 is 1.27 bits per heavy atom. The molecule has 0 aromatic carbocycles. The molecule has 0 unspecified atom stereocenters. The van der Waals surface area contributed by atoms with E-state index in [1.54, 1.807) is 0 Å². The van der Waals surface area contributed by atoms with Crippen LogP contribution in [0.15, 0.2) is 12.2 Å². The number of ether oxygens (including phenoxy) is 1. The van der Waals surface area contributed by atoms with Crippen molar-refractivity contribution in [1.82, 2.24) is 0 Å². The number of hydrogen-bond acceptors (Lipinski definition) is 1. The first-order valence-corrected chi connectivity index (χ1v) is 8.71. The van der Waals surface area contributed by atoms with E-state index in [9.17, 15) is 0 Å². The van der Waals surface area contributed by atoms with Crippen molar-refractivity contribution in [3.63, 3.8) is 0 Å². The van der Waals surface area contributed by atoms with E-state index in [0.29, 0.717) is 0 Å².